The van der Waals surface area contributed by atoms with Crippen LogP contribution >= 0.6 is 11.6 Å². The Labute approximate surface area is 256 Å². The highest BCUT2D eigenvalue weighted by Crippen LogP contribution is 2.71. The van der Waals surface area contributed by atoms with E-state index in [-0.39, 0.29) is 41.5 Å². The number of aliphatic imine (C=N–C) groups is 1. The molecule has 4 aliphatic carbocycles. The molecule has 5 aliphatic rings. The molecule has 11 heteroatoms. The van der Waals surface area contributed by atoms with Crippen LogP contribution in [0.4, 0.5) is 13.2 Å². The molecule has 1 N–H and O–H groups in total. The van der Waals surface area contributed by atoms with E-state index in [1.165, 1.54) is 30.3 Å². The Morgan fingerprint density at radius 2 is 1.72 bits per heavy atom. The van der Waals surface area contributed by atoms with Crippen LogP contribution in [0, 0.1) is 22.6 Å². The summed E-state index contributed by atoms with van der Waals surface area (Å²) in [6, 6.07) is 11.8. The molecule has 43 heavy (non-hydrogen) atoms. The van der Waals surface area contributed by atoms with Crippen molar-refractivity contribution in [2.45, 2.75) is 101 Å². The van der Waals surface area contributed by atoms with Crippen molar-refractivity contribution in [1.29, 1.82) is 0 Å². The molecule has 2 bridgehead atoms. The van der Waals surface area contributed by atoms with Crippen molar-refractivity contribution >= 4 is 33.2 Å². The summed E-state index contributed by atoms with van der Waals surface area (Å²) < 4.78 is 72.7. The summed E-state index contributed by atoms with van der Waals surface area (Å²) in [7, 11) is -3.93. The monoisotopic (exact) mass is 635 g/mol. The van der Waals surface area contributed by atoms with Crippen LogP contribution in [0.5, 0.6) is 0 Å². The number of rotatable bonds is 8. The maximum atomic E-state index is 14.5. The van der Waals surface area contributed by atoms with Gasteiger partial charge in [0, 0.05) is 35.3 Å². The Kier molecular flexibility index (Phi) is 6.96. The van der Waals surface area contributed by atoms with E-state index >= 15 is 0 Å². The molecule has 2 aromatic rings. The second kappa shape index (κ2) is 9.78. The molecule has 0 saturated heterocycles. The molecule has 2 atom stereocenters. The molecule has 4 saturated carbocycles. The third kappa shape index (κ3) is 4.83. The van der Waals surface area contributed by atoms with Gasteiger partial charge in [-0.05, 0) is 75.8 Å². The summed E-state index contributed by atoms with van der Waals surface area (Å²) in [6.45, 7) is 6.83. The third-order valence-corrected chi connectivity index (χ3v) is 12.6. The van der Waals surface area contributed by atoms with Crippen molar-refractivity contribution in [1.82, 2.24) is 9.62 Å². The molecule has 1 heterocycles. The number of benzene rings is 2. The smallest absolute Gasteiger partial charge is 0.253 e. The Morgan fingerprint density at radius 1 is 1.07 bits per heavy atom. The van der Waals surface area contributed by atoms with Crippen LogP contribution in [-0.4, -0.2) is 47.4 Å². The number of halogens is 4. The Bertz CT molecular complexity index is 1590. The summed E-state index contributed by atoms with van der Waals surface area (Å²) in [5, 5.41) is 3.42. The predicted molar refractivity (Wildman–Crippen MR) is 159 cm³/mol. The molecule has 2 aromatic carbocycles. The van der Waals surface area contributed by atoms with E-state index in [1.807, 2.05) is 13.8 Å². The minimum absolute atomic E-state index is 0.0179. The van der Waals surface area contributed by atoms with Crippen molar-refractivity contribution in [3.8, 4) is 0 Å². The average Bonchev–Trinajstić information content (AvgIpc) is 3.20. The number of nitrogens with zero attached hydrogens (tertiary/aromatic N) is 2. The minimum atomic E-state index is -3.93. The number of Topliss-reactive ketones (excluding diaryl/α,β-unsaturated/α-hetero) is 1. The molecule has 0 amide bonds. The van der Waals surface area contributed by atoms with Gasteiger partial charge in [0.15, 0.2) is 5.78 Å². The number of carbonyl (C=O) groups excluding carboxylic acids is 1. The van der Waals surface area contributed by atoms with Crippen LogP contribution in [0.15, 0.2) is 58.4 Å². The SMILES string of the molecule is CC1(C)NC(C23CC(N(Cc4ccc(Cl)c(F)c4)S(=O)(=O)c4ccccc4)(C2)C3)=N[C@H]1C(=O)C1CCC(F)(F)C(C)(C)C1. The first-order valence-corrected chi connectivity index (χ1v) is 16.5. The lowest BCUT2D eigenvalue weighted by molar-refractivity contribution is -0.155. The van der Waals surface area contributed by atoms with Crippen molar-refractivity contribution < 1.29 is 26.4 Å². The molecule has 6 nitrogen and oxygen atoms in total. The number of ketones is 1. The van der Waals surface area contributed by atoms with Gasteiger partial charge in [0.25, 0.3) is 5.92 Å². The third-order valence-electron chi connectivity index (χ3n) is 10.3. The van der Waals surface area contributed by atoms with E-state index in [9.17, 15) is 26.4 Å². The molecule has 7 rings (SSSR count). The first-order valence-electron chi connectivity index (χ1n) is 14.7. The Balaban J connectivity index is 1.24. The van der Waals surface area contributed by atoms with E-state index < -0.39 is 55.6 Å². The zero-order chi connectivity index (χ0) is 31.2. The highest BCUT2D eigenvalue weighted by atomic mass is 35.5. The van der Waals surface area contributed by atoms with Crippen molar-refractivity contribution in [2.24, 2.45) is 21.7 Å². The average molecular weight is 636 g/mol. The van der Waals surface area contributed by atoms with E-state index in [1.54, 1.807) is 36.4 Å². The second-order valence-electron chi connectivity index (χ2n) is 14.3. The second-order valence-corrected chi connectivity index (χ2v) is 16.5. The first-order chi connectivity index (χ1) is 19.9. The largest absolute Gasteiger partial charge is 0.366 e. The number of nitrogens with one attached hydrogen (secondary N) is 1. The lowest BCUT2D eigenvalue weighted by atomic mass is 9.38. The van der Waals surface area contributed by atoms with Crippen molar-refractivity contribution in [3.05, 3.63) is 64.9 Å². The summed E-state index contributed by atoms with van der Waals surface area (Å²) in [4.78, 5) is 18.7. The number of hydrogen-bond acceptors (Lipinski definition) is 5. The molecule has 1 unspecified atom stereocenters. The van der Waals surface area contributed by atoms with E-state index in [2.05, 4.69) is 5.32 Å². The molecule has 0 radical (unpaired) electrons. The first kappa shape index (κ1) is 30.6. The highest BCUT2D eigenvalue weighted by molar-refractivity contribution is 7.89. The standard InChI is InChI=1S/C32H37ClF3N3O3S/c1-28(2)15-21(12-13-32(28,35)36)25(40)26-29(3,4)38-27(37-26)30-17-31(18-30,19-30)39(16-20-10-11-23(33)24(34)14-20)43(41,42)22-8-6-5-7-9-22/h5-11,14,21,26H,12-13,15-19H2,1-4H3,(H,37,38)/t21?,26-,30?,31?/m0/s1. The molecule has 4 fully saturated rings. The van der Waals surface area contributed by atoms with Crippen LogP contribution < -0.4 is 5.32 Å². The van der Waals surface area contributed by atoms with E-state index in [0.717, 1.165) is 0 Å². The van der Waals surface area contributed by atoms with E-state index in [0.29, 0.717) is 30.7 Å². The molecule has 1 aliphatic heterocycles. The van der Waals surface area contributed by atoms with Gasteiger partial charge in [-0.1, -0.05) is 49.7 Å². The topological polar surface area (TPSA) is 78.8 Å². The number of amidine groups is 1. The number of alkyl halides is 2. The van der Waals surface area contributed by atoms with Crippen molar-refractivity contribution in [2.75, 3.05) is 0 Å². The Hall–Kier alpha value is -2.43. The van der Waals surface area contributed by atoms with Gasteiger partial charge in [0.2, 0.25) is 10.0 Å². The maximum Gasteiger partial charge on any atom is 0.253 e. The van der Waals surface area contributed by atoms with Crippen molar-refractivity contribution in [3.63, 3.8) is 0 Å². The molecular formula is C32H37ClF3N3O3S. The fourth-order valence-electron chi connectivity index (χ4n) is 7.69. The number of sulfonamides is 1. The summed E-state index contributed by atoms with van der Waals surface area (Å²) in [5.41, 5.74) is -2.56. The summed E-state index contributed by atoms with van der Waals surface area (Å²) in [5.74, 6) is -3.35. The van der Waals surface area contributed by atoms with Crippen LogP contribution in [0.1, 0.15) is 71.8 Å². The molecule has 0 aromatic heterocycles. The van der Waals surface area contributed by atoms with E-state index in [4.69, 9.17) is 16.6 Å². The van der Waals surface area contributed by atoms with Crippen LogP contribution in [0.3, 0.4) is 0 Å². The molecule has 232 valence electrons. The van der Waals surface area contributed by atoms with Gasteiger partial charge in [-0.2, -0.15) is 4.31 Å². The predicted octanol–water partition coefficient (Wildman–Crippen LogP) is 6.77. The zero-order valence-corrected chi connectivity index (χ0v) is 26.3. The van der Waals surface area contributed by atoms with Crippen LogP contribution in [0.25, 0.3) is 0 Å². The van der Waals surface area contributed by atoms with Gasteiger partial charge in [-0.3, -0.25) is 9.79 Å². The zero-order valence-electron chi connectivity index (χ0n) is 24.8. The normalized spacial score (nSPS) is 31.9. The van der Waals surface area contributed by atoms with Gasteiger partial charge in [-0.15, -0.1) is 0 Å². The van der Waals surface area contributed by atoms with Gasteiger partial charge >= 0.3 is 0 Å². The lowest BCUT2D eigenvalue weighted by Gasteiger charge is -2.73. The minimum Gasteiger partial charge on any atom is -0.366 e. The summed E-state index contributed by atoms with van der Waals surface area (Å²) in [6.07, 6.45) is 1.46. The highest BCUT2D eigenvalue weighted by Gasteiger charge is 2.75. The molecular weight excluding hydrogens is 599 g/mol. The van der Waals surface area contributed by atoms with Gasteiger partial charge in [0.1, 0.15) is 17.7 Å². The number of hydrogen-bond donors (Lipinski definition) is 1. The quantitative estimate of drug-likeness (QED) is 0.347. The number of carbonyl (C=O) groups is 1. The van der Waals surface area contributed by atoms with Gasteiger partial charge in [0.05, 0.1) is 15.5 Å². The maximum absolute atomic E-state index is 14.5. The van der Waals surface area contributed by atoms with Gasteiger partial charge < -0.3 is 5.32 Å². The fraction of sp³-hybridized carbons (Fsp3) is 0.562. The van der Waals surface area contributed by atoms with Gasteiger partial charge in [-0.25, -0.2) is 21.6 Å². The summed E-state index contributed by atoms with van der Waals surface area (Å²) >= 11 is 5.88. The Morgan fingerprint density at radius 3 is 2.33 bits per heavy atom. The molecule has 0 spiro atoms. The lowest BCUT2D eigenvalue weighted by Crippen LogP contribution is -2.78. The van der Waals surface area contributed by atoms with Crippen LogP contribution in [-0.2, 0) is 21.4 Å². The fourth-order valence-corrected chi connectivity index (χ4v) is 9.59. The van der Waals surface area contributed by atoms with Crippen LogP contribution in [0.2, 0.25) is 5.02 Å².